The topological polar surface area (TPSA) is 124 Å². The predicted molar refractivity (Wildman–Crippen MR) is 66.3 cm³/mol. The monoisotopic (exact) mass is 284 g/mol. The van der Waals surface area contributed by atoms with Gasteiger partial charge in [-0.05, 0) is 5.56 Å². The normalized spacial score (nSPS) is 16.8. The third-order valence-electron chi connectivity index (χ3n) is 2.63. The zero-order valence-electron chi connectivity index (χ0n) is 10.5. The summed E-state index contributed by atoms with van der Waals surface area (Å²) in [5.74, 6) is -1.17. The molecule has 0 amide bonds. The van der Waals surface area contributed by atoms with Gasteiger partial charge in [-0.25, -0.2) is 4.79 Å². The van der Waals surface area contributed by atoms with E-state index in [1.807, 2.05) is 0 Å². The molecule has 0 aliphatic heterocycles. The maximum Gasteiger partial charge on any atom is 0.338 e. The summed E-state index contributed by atoms with van der Waals surface area (Å²) in [6.45, 7) is -0.115. The summed E-state index contributed by atoms with van der Waals surface area (Å²) < 4.78 is 4.74. The van der Waals surface area contributed by atoms with Crippen LogP contribution >= 0.6 is 0 Å². The van der Waals surface area contributed by atoms with Gasteiger partial charge >= 0.3 is 5.97 Å². The summed E-state index contributed by atoms with van der Waals surface area (Å²) >= 11 is 0. The van der Waals surface area contributed by atoms with Crippen molar-refractivity contribution < 1.29 is 34.8 Å². The molecule has 0 fully saturated rings. The van der Waals surface area contributed by atoms with Crippen LogP contribution in [0.3, 0.4) is 0 Å². The van der Waals surface area contributed by atoms with Crippen LogP contribution in [0.4, 0.5) is 0 Å². The highest BCUT2D eigenvalue weighted by atomic mass is 16.5. The van der Waals surface area contributed by atoms with Crippen LogP contribution in [0, 0.1) is 0 Å². The first-order valence-corrected chi connectivity index (χ1v) is 5.85. The number of ether oxygens (including phenoxy) is 1. The van der Waals surface area contributed by atoms with Gasteiger partial charge in [0, 0.05) is 0 Å². The van der Waals surface area contributed by atoms with Crippen molar-refractivity contribution >= 4 is 12.3 Å². The van der Waals surface area contributed by atoms with E-state index in [-0.39, 0.29) is 12.9 Å². The molecule has 0 aliphatic carbocycles. The molecule has 4 atom stereocenters. The number of carbonyl (C=O) groups is 2. The molecule has 7 nitrogen and oxygen atoms in total. The van der Waals surface area contributed by atoms with Crippen LogP contribution in [0.2, 0.25) is 0 Å². The molecule has 20 heavy (non-hydrogen) atoms. The Hall–Kier alpha value is -1.80. The van der Waals surface area contributed by atoms with Gasteiger partial charge in [0.05, 0.1) is 0 Å². The van der Waals surface area contributed by atoms with E-state index in [0.29, 0.717) is 5.56 Å². The number of aliphatic hydroxyl groups is 4. The van der Waals surface area contributed by atoms with Crippen molar-refractivity contribution in [3.05, 3.63) is 35.9 Å². The first-order chi connectivity index (χ1) is 9.47. The third-order valence-corrected chi connectivity index (χ3v) is 2.63. The highest BCUT2D eigenvalue weighted by Gasteiger charge is 2.35. The number of carbonyl (C=O) groups excluding carboxylic acids is 2. The summed E-state index contributed by atoms with van der Waals surface area (Å²) in [4.78, 5) is 21.7. The van der Waals surface area contributed by atoms with Gasteiger partial charge in [-0.1, -0.05) is 30.3 Å². The van der Waals surface area contributed by atoms with E-state index in [2.05, 4.69) is 0 Å². The average molecular weight is 284 g/mol. The van der Waals surface area contributed by atoms with Crippen molar-refractivity contribution in [2.24, 2.45) is 0 Å². The lowest BCUT2D eigenvalue weighted by Gasteiger charge is -2.22. The Balaban J connectivity index is 2.52. The fourth-order valence-electron chi connectivity index (χ4n) is 1.42. The van der Waals surface area contributed by atoms with E-state index < -0.39 is 30.4 Å². The Bertz CT molecular complexity index is 434. The van der Waals surface area contributed by atoms with Gasteiger partial charge in [-0.15, -0.1) is 0 Å². The highest BCUT2D eigenvalue weighted by molar-refractivity contribution is 5.75. The maximum atomic E-state index is 11.5. The molecule has 0 aromatic heterocycles. The van der Waals surface area contributed by atoms with E-state index in [0.717, 1.165) is 0 Å². The second-order valence-electron chi connectivity index (χ2n) is 4.15. The zero-order chi connectivity index (χ0) is 15.1. The molecule has 0 saturated carbocycles. The molecule has 0 aliphatic rings. The highest BCUT2D eigenvalue weighted by Crippen LogP contribution is 2.08. The van der Waals surface area contributed by atoms with Crippen molar-refractivity contribution in [1.29, 1.82) is 0 Å². The number of aldehydes is 1. The largest absolute Gasteiger partial charge is 0.459 e. The summed E-state index contributed by atoms with van der Waals surface area (Å²) in [5.41, 5.74) is 0.677. The smallest absolute Gasteiger partial charge is 0.338 e. The first kappa shape index (κ1) is 16.3. The lowest BCUT2D eigenvalue weighted by Crippen LogP contribution is -2.48. The Morgan fingerprint density at radius 1 is 1.10 bits per heavy atom. The number of esters is 1. The van der Waals surface area contributed by atoms with Crippen molar-refractivity contribution in [1.82, 2.24) is 0 Å². The first-order valence-electron chi connectivity index (χ1n) is 5.85. The minimum absolute atomic E-state index is 0.0179. The molecule has 7 heteroatoms. The van der Waals surface area contributed by atoms with E-state index >= 15 is 0 Å². The van der Waals surface area contributed by atoms with Gasteiger partial charge < -0.3 is 30.0 Å². The minimum Gasteiger partial charge on any atom is -0.459 e. The molecule has 0 saturated heterocycles. The molecule has 1 aromatic carbocycles. The van der Waals surface area contributed by atoms with Crippen LogP contribution in [-0.4, -0.2) is 57.1 Å². The molecule has 1 rings (SSSR count). The Labute approximate surface area is 115 Å². The molecule has 4 unspecified atom stereocenters. The summed E-state index contributed by atoms with van der Waals surface area (Å²) in [6.07, 6.45) is -7.99. The van der Waals surface area contributed by atoms with Crippen LogP contribution < -0.4 is 0 Å². The fourth-order valence-corrected chi connectivity index (χ4v) is 1.42. The SMILES string of the molecule is O=CC(O)C(O)C(O)C(O)C(=O)OCc1ccccc1. The standard InChI is InChI=1S/C13H16O7/c14-6-9(15)10(16)11(17)12(18)13(19)20-7-8-4-2-1-3-5-8/h1-6,9-12,15-18H,7H2. The minimum atomic E-state index is -2.07. The predicted octanol–water partition coefficient (Wildman–Crippen LogP) is -1.63. The lowest BCUT2D eigenvalue weighted by molar-refractivity contribution is -0.170. The third kappa shape index (κ3) is 4.39. The summed E-state index contributed by atoms with van der Waals surface area (Å²) in [7, 11) is 0. The van der Waals surface area contributed by atoms with Gasteiger partial charge in [0.2, 0.25) is 0 Å². The van der Waals surface area contributed by atoms with Gasteiger partial charge in [-0.2, -0.15) is 0 Å². The van der Waals surface area contributed by atoms with E-state index in [9.17, 15) is 24.9 Å². The zero-order valence-corrected chi connectivity index (χ0v) is 10.5. The molecule has 0 bridgehead atoms. The van der Waals surface area contributed by atoms with Crippen molar-refractivity contribution in [2.45, 2.75) is 31.0 Å². The summed E-state index contributed by atoms with van der Waals surface area (Å²) in [5, 5.41) is 37.2. The van der Waals surface area contributed by atoms with Crippen LogP contribution in [0.5, 0.6) is 0 Å². The average Bonchev–Trinajstić information content (AvgIpc) is 2.50. The van der Waals surface area contributed by atoms with Crippen molar-refractivity contribution in [3.63, 3.8) is 0 Å². The number of aliphatic hydroxyl groups excluding tert-OH is 4. The van der Waals surface area contributed by atoms with E-state index in [1.54, 1.807) is 30.3 Å². The van der Waals surface area contributed by atoms with Gasteiger partial charge in [0.1, 0.15) is 24.9 Å². The lowest BCUT2D eigenvalue weighted by atomic mass is 10.0. The summed E-state index contributed by atoms with van der Waals surface area (Å²) in [6, 6.07) is 8.64. The van der Waals surface area contributed by atoms with Crippen molar-refractivity contribution in [2.75, 3.05) is 0 Å². The molecule has 0 spiro atoms. The molecular formula is C13H16O7. The van der Waals surface area contributed by atoms with Crippen LogP contribution in [0.25, 0.3) is 0 Å². The molecular weight excluding hydrogens is 268 g/mol. The second kappa shape index (κ2) is 7.71. The number of hydrogen-bond donors (Lipinski definition) is 4. The number of benzene rings is 1. The van der Waals surface area contributed by atoms with Gasteiger partial charge in [0.15, 0.2) is 12.4 Å². The Morgan fingerprint density at radius 2 is 1.70 bits per heavy atom. The van der Waals surface area contributed by atoms with Crippen LogP contribution in [0.15, 0.2) is 30.3 Å². The van der Waals surface area contributed by atoms with Gasteiger partial charge in [0.25, 0.3) is 0 Å². The second-order valence-corrected chi connectivity index (χ2v) is 4.15. The molecule has 0 heterocycles. The molecule has 1 aromatic rings. The molecule has 4 N–H and O–H groups in total. The molecule has 110 valence electrons. The molecule has 0 radical (unpaired) electrons. The number of rotatable bonds is 7. The fraction of sp³-hybridized carbons (Fsp3) is 0.385. The van der Waals surface area contributed by atoms with E-state index in [1.165, 1.54) is 0 Å². The maximum absolute atomic E-state index is 11.5. The van der Waals surface area contributed by atoms with Gasteiger partial charge in [-0.3, -0.25) is 0 Å². The quantitative estimate of drug-likeness (QED) is 0.350. The van der Waals surface area contributed by atoms with Crippen LogP contribution in [0.1, 0.15) is 5.56 Å². The van der Waals surface area contributed by atoms with E-state index in [4.69, 9.17) is 9.84 Å². The number of hydrogen-bond acceptors (Lipinski definition) is 7. The Kier molecular flexibility index (Phi) is 6.26. The van der Waals surface area contributed by atoms with Crippen LogP contribution in [-0.2, 0) is 20.9 Å². The Morgan fingerprint density at radius 3 is 2.25 bits per heavy atom. The van der Waals surface area contributed by atoms with Crippen molar-refractivity contribution in [3.8, 4) is 0 Å².